The number of benzene rings is 2. The molecule has 2 atom stereocenters. The number of rotatable bonds is 10. The van der Waals surface area contributed by atoms with Crippen LogP contribution in [-0.4, -0.2) is 99.1 Å². The number of carbonyl (C=O) groups is 1. The Labute approximate surface area is 270 Å². The molecule has 1 aliphatic carbocycles. The number of hydrogen-bond acceptors (Lipinski definition) is 9. The minimum Gasteiger partial charge on any atom is -0.481 e. The predicted molar refractivity (Wildman–Crippen MR) is 174 cm³/mol. The Morgan fingerprint density at radius 1 is 0.913 bits per heavy atom. The Kier molecular flexibility index (Phi) is 8.89. The number of aromatic nitrogens is 4. The van der Waals surface area contributed by atoms with E-state index < -0.39 is 0 Å². The molecule has 0 N–H and O–H groups in total. The minimum absolute atomic E-state index is 0.0755. The lowest BCUT2D eigenvalue weighted by atomic mass is 9.81. The molecule has 0 radical (unpaired) electrons. The lowest BCUT2D eigenvalue weighted by molar-refractivity contribution is -0.0293. The number of fused-ring (bicyclic) bond motifs is 1. The number of ether oxygens (including phenoxy) is 2. The van der Waals surface area contributed by atoms with Gasteiger partial charge in [-0.1, -0.05) is 60.7 Å². The summed E-state index contributed by atoms with van der Waals surface area (Å²) in [6.07, 6.45) is 6.93. The smallest absolute Gasteiger partial charge is 0.274 e. The zero-order valence-corrected chi connectivity index (χ0v) is 26.5. The number of methoxy groups -OCH3 is 1. The van der Waals surface area contributed by atoms with Crippen LogP contribution in [0.4, 0.5) is 0 Å². The van der Waals surface area contributed by atoms with E-state index >= 15 is 0 Å². The average molecular weight is 620 g/mol. The molecule has 4 heterocycles. The van der Waals surface area contributed by atoms with Crippen LogP contribution in [0.5, 0.6) is 11.8 Å². The zero-order chi connectivity index (χ0) is 31.5. The summed E-state index contributed by atoms with van der Waals surface area (Å²) in [7, 11) is 1.68. The molecule has 46 heavy (non-hydrogen) atoms. The molecule has 2 aromatic carbocycles. The highest BCUT2D eigenvalue weighted by Gasteiger charge is 2.44. The van der Waals surface area contributed by atoms with Crippen LogP contribution in [0, 0.1) is 0 Å². The van der Waals surface area contributed by atoms with Crippen LogP contribution in [0.3, 0.4) is 0 Å². The summed E-state index contributed by atoms with van der Waals surface area (Å²) in [6, 6.07) is 21.9. The molecule has 2 aromatic heterocycles. The molecule has 7 rings (SSSR count). The molecule has 2 saturated heterocycles. The topological polar surface area (TPSA) is 96.8 Å². The molecule has 1 saturated carbocycles. The third-order valence-corrected chi connectivity index (χ3v) is 9.39. The Morgan fingerprint density at radius 2 is 1.63 bits per heavy atom. The lowest BCUT2D eigenvalue weighted by Gasteiger charge is -2.53. The molecule has 2 aliphatic heterocycles. The Bertz CT molecular complexity index is 1580. The fourth-order valence-corrected chi connectivity index (χ4v) is 7.12. The number of nitrogens with zero attached hydrogens (tertiary/aromatic N) is 7. The van der Waals surface area contributed by atoms with Gasteiger partial charge in [-0.25, -0.2) is 4.98 Å². The molecule has 3 fully saturated rings. The molecule has 10 heteroatoms. The van der Waals surface area contributed by atoms with Crippen molar-refractivity contribution in [3.05, 3.63) is 107 Å². The SMILES string of the molecule is CCOc1nc(C2CC2)nc(OC)c1CN1CC(C(c2ccccc2)c2ccccc2)N2CCN(C(=O)c3cnccn3)C[C@H]2C1. The van der Waals surface area contributed by atoms with Crippen molar-refractivity contribution in [2.45, 2.75) is 50.2 Å². The van der Waals surface area contributed by atoms with Gasteiger partial charge in [0.15, 0.2) is 0 Å². The normalized spacial score (nSPS) is 20.4. The van der Waals surface area contributed by atoms with Crippen LogP contribution < -0.4 is 9.47 Å². The van der Waals surface area contributed by atoms with Gasteiger partial charge in [0.05, 0.1) is 25.5 Å². The van der Waals surface area contributed by atoms with Gasteiger partial charge in [-0.15, -0.1) is 0 Å². The van der Waals surface area contributed by atoms with Crippen molar-refractivity contribution in [2.75, 3.05) is 46.4 Å². The highest BCUT2D eigenvalue weighted by atomic mass is 16.5. The maximum Gasteiger partial charge on any atom is 0.274 e. The maximum atomic E-state index is 13.5. The Hall–Kier alpha value is -4.41. The average Bonchev–Trinajstić information content (AvgIpc) is 3.96. The lowest BCUT2D eigenvalue weighted by Crippen LogP contribution is -2.67. The summed E-state index contributed by atoms with van der Waals surface area (Å²) in [6.45, 7) is 6.69. The number of carbonyl (C=O) groups excluding carboxylic acids is 1. The third-order valence-electron chi connectivity index (χ3n) is 9.39. The van der Waals surface area contributed by atoms with Crippen LogP contribution >= 0.6 is 0 Å². The van der Waals surface area contributed by atoms with Gasteiger partial charge in [0.1, 0.15) is 11.5 Å². The van der Waals surface area contributed by atoms with E-state index in [1.54, 1.807) is 25.7 Å². The van der Waals surface area contributed by atoms with E-state index in [1.807, 2.05) is 11.8 Å². The van der Waals surface area contributed by atoms with Crippen LogP contribution in [0.15, 0.2) is 79.3 Å². The van der Waals surface area contributed by atoms with E-state index in [0.29, 0.717) is 49.6 Å². The van der Waals surface area contributed by atoms with Crippen LogP contribution in [0.1, 0.15) is 64.6 Å². The molecular weight excluding hydrogens is 578 g/mol. The second-order valence-corrected chi connectivity index (χ2v) is 12.4. The summed E-state index contributed by atoms with van der Waals surface area (Å²) in [4.78, 5) is 38.8. The first-order valence-corrected chi connectivity index (χ1v) is 16.3. The van der Waals surface area contributed by atoms with Crippen LogP contribution in [0.25, 0.3) is 0 Å². The quantitative estimate of drug-likeness (QED) is 0.256. The number of piperazine rings is 2. The first-order chi connectivity index (χ1) is 22.6. The zero-order valence-electron chi connectivity index (χ0n) is 26.5. The van der Waals surface area contributed by atoms with Crippen molar-refractivity contribution in [1.29, 1.82) is 0 Å². The minimum atomic E-state index is -0.0755. The molecule has 0 spiro atoms. The van der Waals surface area contributed by atoms with Crippen molar-refractivity contribution in [2.24, 2.45) is 0 Å². The number of hydrogen-bond donors (Lipinski definition) is 0. The van der Waals surface area contributed by atoms with Gasteiger partial charge in [0, 0.05) is 75.6 Å². The van der Waals surface area contributed by atoms with Crippen LogP contribution in [0.2, 0.25) is 0 Å². The first-order valence-electron chi connectivity index (χ1n) is 16.3. The Balaban J connectivity index is 1.25. The van der Waals surface area contributed by atoms with Crippen molar-refractivity contribution in [1.82, 2.24) is 34.6 Å². The van der Waals surface area contributed by atoms with E-state index in [9.17, 15) is 4.79 Å². The van der Waals surface area contributed by atoms with Gasteiger partial charge in [-0.2, -0.15) is 9.97 Å². The highest BCUT2D eigenvalue weighted by molar-refractivity contribution is 5.92. The third kappa shape index (κ3) is 6.32. The van der Waals surface area contributed by atoms with Crippen LogP contribution in [-0.2, 0) is 6.54 Å². The van der Waals surface area contributed by atoms with Gasteiger partial charge in [0.25, 0.3) is 5.91 Å². The summed E-state index contributed by atoms with van der Waals surface area (Å²) in [5, 5.41) is 0. The van der Waals surface area contributed by atoms with Gasteiger partial charge in [-0.05, 0) is 30.9 Å². The van der Waals surface area contributed by atoms with Gasteiger partial charge >= 0.3 is 0 Å². The molecule has 0 bridgehead atoms. The van der Waals surface area contributed by atoms with Crippen molar-refractivity contribution in [3.63, 3.8) is 0 Å². The van der Waals surface area contributed by atoms with Crippen molar-refractivity contribution >= 4 is 5.91 Å². The second kappa shape index (κ2) is 13.5. The fraction of sp³-hybridized carbons (Fsp3) is 0.417. The van der Waals surface area contributed by atoms with Gasteiger partial charge in [0.2, 0.25) is 11.8 Å². The molecular formula is C36H41N7O3. The van der Waals surface area contributed by atoms with Crippen molar-refractivity contribution < 1.29 is 14.3 Å². The van der Waals surface area contributed by atoms with Gasteiger partial charge < -0.3 is 14.4 Å². The predicted octanol–water partition coefficient (Wildman–Crippen LogP) is 4.39. The highest BCUT2D eigenvalue weighted by Crippen LogP contribution is 2.41. The molecule has 1 unspecified atom stereocenters. The first kappa shape index (κ1) is 30.3. The number of amides is 1. The standard InChI is InChI=1S/C36H41N7O3/c1-3-46-35-29(34(45-2)39-33(40-35)27-14-15-27)23-41-21-28-22-42(36(44)30-20-37-16-17-38-30)18-19-43(28)31(24-41)32(25-10-6-4-7-11-25)26-12-8-5-9-13-26/h4-13,16-17,20,27-28,31-32H,3,14-15,18-19,21-24H2,1-2H3/t28-,31?/m1/s1. The molecule has 1 amide bonds. The summed E-state index contributed by atoms with van der Waals surface area (Å²) < 4.78 is 12.0. The summed E-state index contributed by atoms with van der Waals surface area (Å²) >= 11 is 0. The fourth-order valence-electron chi connectivity index (χ4n) is 7.12. The molecule has 3 aliphatic rings. The molecule has 4 aromatic rings. The second-order valence-electron chi connectivity index (χ2n) is 12.4. The molecule has 238 valence electrons. The van der Waals surface area contributed by atoms with E-state index in [2.05, 4.69) is 80.4 Å². The van der Waals surface area contributed by atoms with E-state index in [0.717, 1.165) is 43.9 Å². The largest absolute Gasteiger partial charge is 0.481 e. The van der Waals surface area contributed by atoms with E-state index in [-0.39, 0.29) is 23.9 Å². The summed E-state index contributed by atoms with van der Waals surface area (Å²) in [5.74, 6) is 2.45. The maximum absolute atomic E-state index is 13.5. The summed E-state index contributed by atoms with van der Waals surface area (Å²) in [5.41, 5.74) is 3.81. The molecule has 10 nitrogen and oxygen atoms in total. The van der Waals surface area contributed by atoms with Crippen molar-refractivity contribution in [3.8, 4) is 11.8 Å². The van der Waals surface area contributed by atoms with E-state index in [4.69, 9.17) is 19.4 Å². The Morgan fingerprint density at radius 3 is 2.26 bits per heavy atom. The van der Waals surface area contributed by atoms with Gasteiger partial charge in [-0.3, -0.25) is 19.6 Å². The monoisotopic (exact) mass is 619 g/mol. The van der Waals surface area contributed by atoms with E-state index in [1.165, 1.54) is 11.1 Å².